The summed E-state index contributed by atoms with van der Waals surface area (Å²) in [6, 6.07) is 11.1. The van der Waals surface area contributed by atoms with Crippen LogP contribution in [-0.4, -0.2) is 28.2 Å². The third kappa shape index (κ3) is 4.93. The summed E-state index contributed by atoms with van der Waals surface area (Å²) in [7, 11) is 0. The summed E-state index contributed by atoms with van der Waals surface area (Å²) < 4.78 is 0. The minimum Gasteiger partial charge on any atom is -0.502 e. The van der Waals surface area contributed by atoms with Gasteiger partial charge in [0.15, 0.2) is 0 Å². The maximum absolute atomic E-state index is 12.2. The van der Waals surface area contributed by atoms with Gasteiger partial charge in [0.2, 0.25) is 5.75 Å². The molecule has 0 bridgehead atoms. The average molecular weight is 377 g/mol. The van der Waals surface area contributed by atoms with Crippen LogP contribution in [0.15, 0.2) is 47.6 Å². The maximum atomic E-state index is 12.2. The quantitative estimate of drug-likeness (QED) is 0.389. The fourth-order valence-electron chi connectivity index (χ4n) is 2.17. The number of anilines is 1. The minimum atomic E-state index is -0.756. The number of phenols is 1. The number of hydrogen-bond acceptors (Lipinski definition) is 6. The van der Waals surface area contributed by atoms with Crippen LogP contribution in [0.3, 0.4) is 0 Å². The summed E-state index contributed by atoms with van der Waals surface area (Å²) in [5, 5.41) is 27.7. The number of hydrazone groups is 1. The molecule has 2 aromatic carbocycles. The van der Waals surface area contributed by atoms with Crippen molar-refractivity contribution in [3.63, 3.8) is 0 Å². The Hall–Kier alpha value is -3.13. The number of benzene rings is 2. The van der Waals surface area contributed by atoms with Crippen LogP contribution in [0.5, 0.6) is 5.75 Å². The highest BCUT2D eigenvalue weighted by Crippen LogP contribution is 2.32. The molecule has 26 heavy (non-hydrogen) atoms. The van der Waals surface area contributed by atoms with Gasteiger partial charge in [0.1, 0.15) is 6.04 Å². The van der Waals surface area contributed by atoms with Crippen molar-refractivity contribution >= 4 is 35.1 Å². The lowest BCUT2D eigenvalue weighted by Crippen LogP contribution is -2.36. The second-order valence-electron chi connectivity index (χ2n) is 5.33. The van der Waals surface area contributed by atoms with Crippen LogP contribution < -0.4 is 10.7 Å². The van der Waals surface area contributed by atoms with E-state index in [-0.39, 0.29) is 16.5 Å². The summed E-state index contributed by atoms with van der Waals surface area (Å²) >= 11 is 5.80. The molecule has 8 nitrogen and oxygen atoms in total. The van der Waals surface area contributed by atoms with E-state index in [1.807, 2.05) is 37.3 Å². The van der Waals surface area contributed by atoms with Crippen molar-refractivity contribution in [1.29, 1.82) is 0 Å². The number of rotatable bonds is 7. The smallest absolute Gasteiger partial charge is 0.312 e. The number of hydrogen-bond donors (Lipinski definition) is 3. The number of nitrogens with one attached hydrogen (secondary N) is 2. The molecule has 136 valence electrons. The van der Waals surface area contributed by atoms with E-state index in [1.165, 1.54) is 6.07 Å². The highest BCUT2D eigenvalue weighted by Gasteiger charge is 2.18. The zero-order valence-electron chi connectivity index (χ0n) is 13.8. The molecule has 2 rings (SSSR count). The number of para-hydroxylation sites is 1. The van der Waals surface area contributed by atoms with Gasteiger partial charge in [0.25, 0.3) is 5.91 Å². The molecule has 1 amide bonds. The molecule has 0 heterocycles. The molecule has 2 aromatic rings. The molecule has 9 heteroatoms. The highest BCUT2D eigenvalue weighted by atomic mass is 35.5. The SMILES string of the molecule is CCC(Nc1ccccc1)C(=O)N/N=C/c1cc(Cl)cc([N+](=O)[O-])c1O. The lowest BCUT2D eigenvalue weighted by molar-refractivity contribution is -0.385. The molecule has 3 N–H and O–H groups in total. The first-order chi connectivity index (χ1) is 12.4. The normalized spacial score (nSPS) is 11.9. The Morgan fingerprint density at radius 2 is 2.08 bits per heavy atom. The fraction of sp³-hybridized carbons (Fsp3) is 0.176. The molecule has 0 aromatic heterocycles. The summed E-state index contributed by atoms with van der Waals surface area (Å²) in [6.45, 7) is 1.84. The van der Waals surface area contributed by atoms with E-state index >= 15 is 0 Å². The maximum Gasteiger partial charge on any atom is 0.312 e. The zero-order chi connectivity index (χ0) is 19.1. The molecular weight excluding hydrogens is 360 g/mol. The van der Waals surface area contributed by atoms with E-state index in [4.69, 9.17) is 11.6 Å². The zero-order valence-corrected chi connectivity index (χ0v) is 14.6. The molecule has 0 aliphatic heterocycles. The number of nitro groups is 1. The predicted octanol–water partition coefficient (Wildman–Crippen LogP) is 3.29. The van der Waals surface area contributed by atoms with Crippen molar-refractivity contribution in [2.45, 2.75) is 19.4 Å². The molecule has 0 aliphatic carbocycles. The number of carbonyl (C=O) groups is 1. The van der Waals surface area contributed by atoms with Gasteiger partial charge in [-0.2, -0.15) is 5.10 Å². The predicted molar refractivity (Wildman–Crippen MR) is 99.7 cm³/mol. The molecule has 0 radical (unpaired) electrons. The number of phenolic OH excluding ortho intramolecular Hbond substituents is 1. The third-order valence-corrected chi connectivity index (χ3v) is 3.72. The van der Waals surface area contributed by atoms with Gasteiger partial charge in [-0.3, -0.25) is 14.9 Å². The van der Waals surface area contributed by atoms with Gasteiger partial charge in [-0.05, 0) is 24.6 Å². The van der Waals surface area contributed by atoms with Crippen molar-refractivity contribution in [1.82, 2.24) is 5.43 Å². The number of nitrogens with zero attached hydrogens (tertiary/aromatic N) is 2. The van der Waals surface area contributed by atoms with E-state index in [0.29, 0.717) is 6.42 Å². The molecule has 0 saturated carbocycles. The topological polar surface area (TPSA) is 117 Å². The van der Waals surface area contributed by atoms with Gasteiger partial charge >= 0.3 is 5.69 Å². The second-order valence-corrected chi connectivity index (χ2v) is 5.76. The van der Waals surface area contributed by atoms with Crippen LogP contribution in [0.4, 0.5) is 11.4 Å². The Bertz CT molecular complexity index is 827. The molecule has 0 saturated heterocycles. The summed E-state index contributed by atoms with van der Waals surface area (Å²) in [6.07, 6.45) is 1.62. The summed E-state index contributed by atoms with van der Waals surface area (Å²) in [5.74, 6) is -0.963. The van der Waals surface area contributed by atoms with E-state index in [0.717, 1.165) is 18.0 Å². The lowest BCUT2D eigenvalue weighted by atomic mass is 10.2. The van der Waals surface area contributed by atoms with Crippen LogP contribution in [0.1, 0.15) is 18.9 Å². The van der Waals surface area contributed by atoms with E-state index in [1.54, 1.807) is 0 Å². The molecule has 1 atom stereocenters. The van der Waals surface area contributed by atoms with Gasteiger partial charge < -0.3 is 10.4 Å². The molecule has 0 spiro atoms. The van der Waals surface area contributed by atoms with Gasteiger partial charge in [0.05, 0.1) is 11.1 Å². The monoisotopic (exact) mass is 376 g/mol. The van der Waals surface area contributed by atoms with E-state index in [2.05, 4.69) is 15.8 Å². The minimum absolute atomic E-state index is 0.0218. The van der Waals surface area contributed by atoms with Gasteiger partial charge in [-0.1, -0.05) is 36.7 Å². The van der Waals surface area contributed by atoms with Crippen LogP contribution in [0, 0.1) is 10.1 Å². The van der Waals surface area contributed by atoms with Crippen LogP contribution in [0.25, 0.3) is 0 Å². The average Bonchev–Trinajstić information content (AvgIpc) is 2.62. The number of amides is 1. The van der Waals surface area contributed by atoms with Crippen LogP contribution in [0.2, 0.25) is 5.02 Å². The Labute approximate surface area is 154 Å². The molecular formula is C17H17ClN4O4. The molecule has 0 fully saturated rings. The Morgan fingerprint density at radius 3 is 2.69 bits per heavy atom. The van der Waals surface area contributed by atoms with Gasteiger partial charge in [0, 0.05) is 22.3 Å². The second kappa shape index (κ2) is 8.82. The van der Waals surface area contributed by atoms with Crippen LogP contribution in [-0.2, 0) is 4.79 Å². The standard InChI is InChI=1S/C17H17ClN4O4/c1-2-14(20-13-6-4-3-5-7-13)17(24)21-19-10-11-8-12(18)9-15(16(11)23)22(25)26/h3-10,14,20,23H,2H2,1H3,(H,21,24)/b19-10+. The first kappa shape index (κ1) is 19.2. The molecule has 0 aliphatic rings. The largest absolute Gasteiger partial charge is 0.502 e. The lowest BCUT2D eigenvalue weighted by Gasteiger charge is -2.16. The third-order valence-electron chi connectivity index (χ3n) is 3.50. The number of aromatic hydroxyl groups is 1. The van der Waals surface area contributed by atoms with E-state index < -0.39 is 22.4 Å². The number of halogens is 1. The van der Waals surface area contributed by atoms with Crippen molar-refractivity contribution in [3.8, 4) is 5.75 Å². The first-order valence-corrected chi connectivity index (χ1v) is 8.11. The molecule has 1 unspecified atom stereocenters. The number of nitro benzene ring substituents is 1. The number of carbonyl (C=O) groups excluding carboxylic acids is 1. The Kier molecular flexibility index (Phi) is 6.51. The highest BCUT2D eigenvalue weighted by molar-refractivity contribution is 6.31. The Morgan fingerprint density at radius 1 is 1.38 bits per heavy atom. The fourth-order valence-corrected chi connectivity index (χ4v) is 2.40. The summed E-state index contributed by atoms with van der Waals surface area (Å²) in [5.41, 5.74) is 2.62. The Balaban J connectivity index is 2.07. The summed E-state index contributed by atoms with van der Waals surface area (Å²) in [4.78, 5) is 22.3. The van der Waals surface area contributed by atoms with Crippen molar-refractivity contribution in [2.24, 2.45) is 5.10 Å². The van der Waals surface area contributed by atoms with Gasteiger partial charge in [-0.15, -0.1) is 0 Å². The van der Waals surface area contributed by atoms with Crippen molar-refractivity contribution in [2.75, 3.05) is 5.32 Å². The van der Waals surface area contributed by atoms with Crippen LogP contribution >= 0.6 is 11.6 Å². The van der Waals surface area contributed by atoms with Crippen molar-refractivity contribution in [3.05, 3.63) is 63.2 Å². The van der Waals surface area contributed by atoms with Crippen molar-refractivity contribution < 1.29 is 14.8 Å². The van der Waals surface area contributed by atoms with Gasteiger partial charge in [-0.25, -0.2) is 5.43 Å². The first-order valence-electron chi connectivity index (χ1n) is 7.73. The van der Waals surface area contributed by atoms with E-state index in [9.17, 15) is 20.0 Å².